The number of hydrogen-bond acceptors (Lipinski definition) is 2. The fourth-order valence-electron chi connectivity index (χ4n) is 2.64. The van der Waals surface area contributed by atoms with Crippen molar-refractivity contribution in [2.45, 2.75) is 45.3 Å². The van der Waals surface area contributed by atoms with E-state index in [2.05, 4.69) is 24.4 Å². The van der Waals surface area contributed by atoms with Crippen LogP contribution in [0.4, 0.5) is 5.69 Å². The lowest BCUT2D eigenvalue weighted by Crippen LogP contribution is -2.23. The van der Waals surface area contributed by atoms with E-state index in [1.807, 2.05) is 12.1 Å². The average Bonchev–Trinajstić information content (AvgIpc) is 2.77. The minimum Gasteiger partial charge on any atom is -0.392 e. The van der Waals surface area contributed by atoms with Crippen LogP contribution in [0.5, 0.6) is 0 Å². The van der Waals surface area contributed by atoms with Gasteiger partial charge in [0.1, 0.15) is 0 Å². The van der Waals surface area contributed by atoms with Gasteiger partial charge in [-0.2, -0.15) is 0 Å². The monoisotopic (exact) mass is 219 g/mol. The number of aliphatic hydroxyl groups excluding tert-OH is 1. The van der Waals surface area contributed by atoms with Crippen LogP contribution in [0.2, 0.25) is 0 Å². The van der Waals surface area contributed by atoms with Crippen LogP contribution in [0.1, 0.15) is 38.2 Å². The lowest BCUT2D eigenvalue weighted by Gasteiger charge is -2.20. The van der Waals surface area contributed by atoms with Gasteiger partial charge >= 0.3 is 0 Å². The minimum absolute atomic E-state index is 0.126. The summed E-state index contributed by atoms with van der Waals surface area (Å²) in [6.45, 7) is 2.40. The highest BCUT2D eigenvalue weighted by Gasteiger charge is 2.25. The predicted molar refractivity (Wildman–Crippen MR) is 67.4 cm³/mol. The molecule has 0 aromatic heterocycles. The third-order valence-electron chi connectivity index (χ3n) is 3.67. The summed E-state index contributed by atoms with van der Waals surface area (Å²) in [5, 5.41) is 12.6. The van der Waals surface area contributed by atoms with Crippen molar-refractivity contribution in [2.24, 2.45) is 5.92 Å². The summed E-state index contributed by atoms with van der Waals surface area (Å²) in [6, 6.07) is 8.74. The van der Waals surface area contributed by atoms with Gasteiger partial charge in [0.15, 0.2) is 0 Å². The van der Waals surface area contributed by atoms with Crippen LogP contribution in [0, 0.1) is 5.92 Å². The van der Waals surface area contributed by atoms with Gasteiger partial charge in [0.05, 0.1) is 6.61 Å². The second kappa shape index (κ2) is 5.35. The van der Waals surface area contributed by atoms with Gasteiger partial charge in [-0.25, -0.2) is 0 Å². The maximum atomic E-state index is 8.97. The molecule has 2 atom stereocenters. The molecule has 2 heteroatoms. The molecule has 0 amide bonds. The number of aliphatic hydroxyl groups is 1. The number of benzene rings is 1. The van der Waals surface area contributed by atoms with E-state index < -0.39 is 0 Å². The van der Waals surface area contributed by atoms with Gasteiger partial charge in [-0.1, -0.05) is 31.9 Å². The summed E-state index contributed by atoms with van der Waals surface area (Å²) in [5.41, 5.74) is 2.16. The molecule has 0 bridgehead atoms. The number of anilines is 1. The maximum Gasteiger partial charge on any atom is 0.0681 e. The Balaban J connectivity index is 1.97. The summed E-state index contributed by atoms with van der Waals surface area (Å²) < 4.78 is 0. The zero-order valence-electron chi connectivity index (χ0n) is 9.95. The van der Waals surface area contributed by atoms with Gasteiger partial charge in [-0.15, -0.1) is 0 Å². The van der Waals surface area contributed by atoms with Crippen molar-refractivity contribution >= 4 is 5.69 Å². The third kappa shape index (κ3) is 2.56. The molecular formula is C14H21NO. The fourth-order valence-corrected chi connectivity index (χ4v) is 2.64. The first-order valence-electron chi connectivity index (χ1n) is 6.30. The lowest BCUT2D eigenvalue weighted by molar-refractivity contribution is 0.282. The van der Waals surface area contributed by atoms with E-state index in [-0.39, 0.29) is 6.61 Å². The van der Waals surface area contributed by atoms with E-state index in [0.717, 1.165) is 11.5 Å². The van der Waals surface area contributed by atoms with E-state index in [9.17, 15) is 0 Å². The van der Waals surface area contributed by atoms with E-state index in [4.69, 9.17) is 5.11 Å². The molecule has 88 valence electrons. The van der Waals surface area contributed by atoms with Crippen molar-refractivity contribution in [1.29, 1.82) is 0 Å². The molecule has 1 aliphatic rings. The highest BCUT2D eigenvalue weighted by Crippen LogP contribution is 2.30. The Hall–Kier alpha value is -1.02. The summed E-state index contributed by atoms with van der Waals surface area (Å²) in [5.74, 6) is 0.831. The first-order valence-corrected chi connectivity index (χ1v) is 6.30. The topological polar surface area (TPSA) is 32.3 Å². The normalized spacial score (nSPS) is 24.6. The Kier molecular flexibility index (Phi) is 3.83. The van der Waals surface area contributed by atoms with Gasteiger partial charge in [-0.3, -0.25) is 0 Å². The number of nitrogens with one attached hydrogen (secondary N) is 1. The molecule has 1 fully saturated rings. The van der Waals surface area contributed by atoms with Crippen molar-refractivity contribution < 1.29 is 5.11 Å². The molecule has 1 saturated carbocycles. The molecule has 2 N–H and O–H groups in total. The van der Waals surface area contributed by atoms with E-state index in [0.29, 0.717) is 6.04 Å². The van der Waals surface area contributed by atoms with Crippen molar-refractivity contribution in [3.05, 3.63) is 29.8 Å². The van der Waals surface area contributed by atoms with Crippen LogP contribution >= 0.6 is 0 Å². The second-order valence-corrected chi connectivity index (χ2v) is 4.71. The molecule has 0 aliphatic heterocycles. The first kappa shape index (κ1) is 11.5. The Morgan fingerprint density at radius 1 is 1.25 bits per heavy atom. The molecule has 2 unspecified atom stereocenters. The smallest absolute Gasteiger partial charge is 0.0681 e. The number of hydrogen-bond donors (Lipinski definition) is 2. The number of rotatable bonds is 4. The molecule has 1 aromatic carbocycles. The Bertz CT molecular complexity index is 320. The Labute approximate surface area is 97.7 Å². The quantitative estimate of drug-likeness (QED) is 0.815. The van der Waals surface area contributed by atoms with Crippen LogP contribution < -0.4 is 5.32 Å². The van der Waals surface area contributed by atoms with Gasteiger partial charge in [0.2, 0.25) is 0 Å². The van der Waals surface area contributed by atoms with Gasteiger partial charge in [-0.05, 0) is 36.5 Å². The maximum absolute atomic E-state index is 8.97. The minimum atomic E-state index is 0.126. The molecule has 0 heterocycles. The van der Waals surface area contributed by atoms with Crippen molar-refractivity contribution in [3.8, 4) is 0 Å². The molecule has 0 saturated heterocycles. The van der Waals surface area contributed by atoms with Gasteiger partial charge in [0, 0.05) is 11.7 Å². The summed E-state index contributed by atoms with van der Waals surface area (Å²) >= 11 is 0. The van der Waals surface area contributed by atoms with E-state index in [1.165, 1.54) is 31.4 Å². The average molecular weight is 219 g/mol. The Morgan fingerprint density at radius 2 is 2.00 bits per heavy atom. The third-order valence-corrected chi connectivity index (χ3v) is 3.67. The van der Waals surface area contributed by atoms with Crippen LogP contribution in [-0.4, -0.2) is 11.1 Å². The van der Waals surface area contributed by atoms with Crippen LogP contribution in [0.3, 0.4) is 0 Å². The first-order chi connectivity index (χ1) is 7.83. The molecule has 1 aromatic rings. The molecule has 2 nitrogen and oxygen atoms in total. The van der Waals surface area contributed by atoms with Crippen molar-refractivity contribution in [2.75, 3.05) is 5.32 Å². The molecular weight excluding hydrogens is 198 g/mol. The lowest BCUT2D eigenvalue weighted by atomic mass is 10.0. The largest absolute Gasteiger partial charge is 0.392 e. The van der Waals surface area contributed by atoms with E-state index in [1.54, 1.807) is 0 Å². The van der Waals surface area contributed by atoms with E-state index >= 15 is 0 Å². The zero-order valence-corrected chi connectivity index (χ0v) is 9.95. The molecule has 16 heavy (non-hydrogen) atoms. The highest BCUT2D eigenvalue weighted by molar-refractivity contribution is 5.45. The van der Waals surface area contributed by atoms with Crippen LogP contribution in [-0.2, 0) is 6.61 Å². The zero-order chi connectivity index (χ0) is 11.4. The fraction of sp³-hybridized carbons (Fsp3) is 0.571. The molecule has 0 radical (unpaired) electrons. The standard InChI is InChI=1S/C14H21NO/c1-2-12-4-3-5-14(12)15-13-8-6-11(10-16)7-9-13/h6-9,12,14-16H,2-5,10H2,1H3. The second-order valence-electron chi connectivity index (χ2n) is 4.71. The molecule has 1 aliphatic carbocycles. The SMILES string of the molecule is CCC1CCCC1Nc1ccc(CO)cc1. The Morgan fingerprint density at radius 3 is 2.62 bits per heavy atom. The van der Waals surface area contributed by atoms with Crippen LogP contribution in [0.15, 0.2) is 24.3 Å². The van der Waals surface area contributed by atoms with Gasteiger partial charge < -0.3 is 10.4 Å². The van der Waals surface area contributed by atoms with Crippen molar-refractivity contribution in [1.82, 2.24) is 0 Å². The van der Waals surface area contributed by atoms with Gasteiger partial charge in [0.25, 0.3) is 0 Å². The van der Waals surface area contributed by atoms with Crippen LogP contribution in [0.25, 0.3) is 0 Å². The van der Waals surface area contributed by atoms with Crippen molar-refractivity contribution in [3.63, 3.8) is 0 Å². The highest BCUT2D eigenvalue weighted by atomic mass is 16.3. The summed E-state index contributed by atoms with van der Waals surface area (Å²) in [6.07, 6.45) is 5.28. The molecule has 0 spiro atoms. The molecule has 2 rings (SSSR count). The summed E-state index contributed by atoms with van der Waals surface area (Å²) in [4.78, 5) is 0. The summed E-state index contributed by atoms with van der Waals surface area (Å²) in [7, 11) is 0. The predicted octanol–water partition coefficient (Wildman–Crippen LogP) is 3.17.